The molecule has 1 heterocycles. The highest BCUT2D eigenvalue weighted by Gasteiger charge is 2.17. The Balaban J connectivity index is 2.30. The fraction of sp³-hybridized carbons (Fsp3) is 0.286. The van der Waals surface area contributed by atoms with E-state index in [1.54, 1.807) is 22.9 Å². The van der Waals surface area contributed by atoms with Crippen LogP contribution in [0.15, 0.2) is 22.7 Å². The van der Waals surface area contributed by atoms with E-state index in [2.05, 4.69) is 21.0 Å². The fourth-order valence-corrected chi connectivity index (χ4v) is 2.66. The first-order chi connectivity index (χ1) is 9.43. The van der Waals surface area contributed by atoms with Gasteiger partial charge in [-0.15, -0.1) is 0 Å². The zero-order valence-electron chi connectivity index (χ0n) is 11.1. The fourth-order valence-electron chi connectivity index (χ4n) is 1.96. The Kier molecular flexibility index (Phi) is 4.89. The molecule has 3 nitrogen and oxygen atoms in total. The number of hydrogen-bond acceptors (Lipinski definition) is 2. The van der Waals surface area contributed by atoms with Crippen molar-refractivity contribution in [3.8, 4) is 0 Å². The summed E-state index contributed by atoms with van der Waals surface area (Å²) in [6.45, 7) is 4.48. The molecule has 20 heavy (non-hydrogen) atoms. The van der Waals surface area contributed by atoms with Crippen molar-refractivity contribution in [2.24, 2.45) is 0 Å². The number of aromatic nitrogens is 2. The van der Waals surface area contributed by atoms with Gasteiger partial charge in [0.15, 0.2) is 5.78 Å². The topological polar surface area (TPSA) is 34.9 Å². The zero-order valence-corrected chi connectivity index (χ0v) is 14.2. The minimum atomic E-state index is -0.0149. The molecule has 0 amide bonds. The van der Waals surface area contributed by atoms with E-state index in [1.807, 2.05) is 13.8 Å². The van der Waals surface area contributed by atoms with Crippen molar-refractivity contribution < 1.29 is 4.79 Å². The van der Waals surface area contributed by atoms with Crippen molar-refractivity contribution in [1.29, 1.82) is 0 Å². The van der Waals surface area contributed by atoms with E-state index in [1.165, 1.54) is 0 Å². The van der Waals surface area contributed by atoms with Gasteiger partial charge in [-0.05, 0) is 48.0 Å². The van der Waals surface area contributed by atoms with Crippen LogP contribution in [0.1, 0.15) is 28.7 Å². The summed E-state index contributed by atoms with van der Waals surface area (Å²) >= 11 is 15.5. The summed E-state index contributed by atoms with van der Waals surface area (Å²) in [5, 5.41) is 5.45. The van der Waals surface area contributed by atoms with Crippen LogP contribution in [0.25, 0.3) is 0 Å². The molecule has 0 N–H and O–H groups in total. The lowest BCUT2D eigenvalue weighted by atomic mass is 10.1. The van der Waals surface area contributed by atoms with E-state index >= 15 is 0 Å². The lowest BCUT2D eigenvalue weighted by Gasteiger charge is -2.06. The van der Waals surface area contributed by atoms with Crippen LogP contribution >= 0.6 is 39.1 Å². The van der Waals surface area contributed by atoms with E-state index in [0.29, 0.717) is 26.6 Å². The van der Waals surface area contributed by atoms with Crippen molar-refractivity contribution in [2.45, 2.75) is 26.8 Å². The van der Waals surface area contributed by atoms with E-state index in [0.717, 1.165) is 11.4 Å². The minimum absolute atomic E-state index is 0.0149. The number of nitrogens with zero attached hydrogens (tertiary/aromatic N) is 2. The maximum Gasteiger partial charge on any atom is 0.168 e. The molecule has 0 bridgehead atoms. The average Bonchev–Trinajstić information content (AvgIpc) is 2.69. The molecule has 0 fully saturated rings. The molecule has 0 saturated carbocycles. The van der Waals surface area contributed by atoms with Gasteiger partial charge in [0.05, 0.1) is 27.9 Å². The Hall–Kier alpha value is -0.840. The highest BCUT2D eigenvalue weighted by Crippen LogP contribution is 2.25. The molecule has 0 unspecified atom stereocenters. The van der Waals surface area contributed by atoms with Crippen molar-refractivity contribution >= 4 is 44.9 Å². The molecule has 0 aliphatic heterocycles. The summed E-state index contributed by atoms with van der Waals surface area (Å²) in [7, 11) is 0. The number of rotatable bonds is 4. The van der Waals surface area contributed by atoms with Gasteiger partial charge >= 0.3 is 0 Å². The molecule has 1 aromatic carbocycles. The van der Waals surface area contributed by atoms with Gasteiger partial charge in [0, 0.05) is 16.6 Å². The number of halogens is 3. The molecular formula is C14H13BrCl2N2O. The monoisotopic (exact) mass is 374 g/mol. The SMILES string of the molecule is CCn1nc(C)c(Cl)c1CC(=O)c1ccc(Cl)c(Br)c1. The predicted molar refractivity (Wildman–Crippen MR) is 84.8 cm³/mol. The van der Waals surface area contributed by atoms with Crippen LogP contribution in [0.5, 0.6) is 0 Å². The van der Waals surface area contributed by atoms with Gasteiger partial charge in [-0.25, -0.2) is 0 Å². The van der Waals surface area contributed by atoms with Gasteiger partial charge in [0.25, 0.3) is 0 Å². The van der Waals surface area contributed by atoms with E-state index in [9.17, 15) is 4.79 Å². The summed E-state index contributed by atoms with van der Waals surface area (Å²) in [4.78, 5) is 12.3. The van der Waals surface area contributed by atoms with Crippen molar-refractivity contribution in [2.75, 3.05) is 0 Å². The Bertz CT molecular complexity index is 667. The largest absolute Gasteiger partial charge is 0.294 e. The van der Waals surface area contributed by atoms with Crippen LogP contribution < -0.4 is 0 Å². The third-order valence-corrected chi connectivity index (χ3v) is 4.73. The number of hydrogen-bond donors (Lipinski definition) is 0. The molecule has 0 aliphatic carbocycles. The van der Waals surface area contributed by atoms with E-state index in [4.69, 9.17) is 23.2 Å². The second kappa shape index (κ2) is 6.29. The summed E-state index contributed by atoms with van der Waals surface area (Å²) in [6, 6.07) is 5.13. The normalized spacial score (nSPS) is 10.8. The second-order valence-corrected chi connectivity index (χ2v) is 6.03. The van der Waals surface area contributed by atoms with Gasteiger partial charge < -0.3 is 0 Å². The number of benzene rings is 1. The molecule has 0 radical (unpaired) electrons. The Morgan fingerprint density at radius 3 is 2.70 bits per heavy atom. The first-order valence-corrected chi connectivity index (χ1v) is 7.69. The van der Waals surface area contributed by atoms with Gasteiger partial charge in [-0.2, -0.15) is 5.10 Å². The van der Waals surface area contributed by atoms with Crippen LogP contribution in [0, 0.1) is 6.92 Å². The van der Waals surface area contributed by atoms with Crippen LogP contribution in [0.3, 0.4) is 0 Å². The van der Waals surface area contributed by atoms with Gasteiger partial charge in [0.1, 0.15) is 0 Å². The molecule has 0 spiro atoms. The Morgan fingerprint density at radius 1 is 1.40 bits per heavy atom. The summed E-state index contributed by atoms with van der Waals surface area (Å²) < 4.78 is 2.47. The molecule has 6 heteroatoms. The van der Waals surface area contributed by atoms with Gasteiger partial charge in [0.2, 0.25) is 0 Å². The van der Waals surface area contributed by atoms with E-state index in [-0.39, 0.29) is 12.2 Å². The summed E-state index contributed by atoms with van der Waals surface area (Å²) in [6.07, 6.45) is 0.224. The van der Waals surface area contributed by atoms with Gasteiger partial charge in [-0.1, -0.05) is 23.2 Å². The summed E-state index contributed by atoms with van der Waals surface area (Å²) in [5.41, 5.74) is 2.09. The highest BCUT2D eigenvalue weighted by atomic mass is 79.9. The van der Waals surface area contributed by atoms with Crippen LogP contribution in [-0.2, 0) is 13.0 Å². The lowest BCUT2D eigenvalue weighted by Crippen LogP contribution is -2.10. The Labute approximate surface area is 136 Å². The standard InChI is InChI=1S/C14H13BrCl2N2O/c1-3-19-12(14(17)8(2)18-19)7-13(20)9-4-5-11(16)10(15)6-9/h4-6H,3,7H2,1-2H3. The van der Waals surface area contributed by atoms with Crippen molar-refractivity contribution in [1.82, 2.24) is 9.78 Å². The van der Waals surface area contributed by atoms with Crippen molar-refractivity contribution in [3.05, 3.63) is 49.7 Å². The van der Waals surface area contributed by atoms with Crippen LogP contribution in [0.4, 0.5) is 0 Å². The number of ketones is 1. The van der Waals surface area contributed by atoms with Crippen molar-refractivity contribution in [3.63, 3.8) is 0 Å². The first kappa shape index (κ1) is 15.5. The molecular weight excluding hydrogens is 363 g/mol. The third-order valence-electron chi connectivity index (χ3n) is 3.02. The van der Waals surface area contributed by atoms with E-state index < -0.39 is 0 Å². The zero-order chi connectivity index (χ0) is 14.9. The number of carbonyl (C=O) groups is 1. The third kappa shape index (κ3) is 3.08. The number of carbonyl (C=O) groups excluding carboxylic acids is 1. The number of aryl methyl sites for hydroxylation is 2. The Morgan fingerprint density at radius 2 is 2.10 bits per heavy atom. The number of Topliss-reactive ketones (excluding diaryl/α,β-unsaturated/α-hetero) is 1. The maximum absolute atomic E-state index is 12.3. The molecule has 1 aromatic heterocycles. The maximum atomic E-state index is 12.3. The first-order valence-electron chi connectivity index (χ1n) is 6.14. The summed E-state index contributed by atoms with van der Waals surface area (Å²) in [5.74, 6) is -0.0149. The highest BCUT2D eigenvalue weighted by molar-refractivity contribution is 9.10. The molecule has 0 aliphatic rings. The molecule has 106 valence electrons. The molecule has 2 aromatic rings. The predicted octanol–water partition coefficient (Wildman–Crippen LogP) is 4.71. The second-order valence-electron chi connectivity index (χ2n) is 4.39. The molecule has 2 rings (SSSR count). The smallest absolute Gasteiger partial charge is 0.168 e. The van der Waals surface area contributed by atoms with Gasteiger partial charge in [-0.3, -0.25) is 9.48 Å². The van der Waals surface area contributed by atoms with Crippen LogP contribution in [0.2, 0.25) is 10.0 Å². The van der Waals surface area contributed by atoms with Crippen LogP contribution in [-0.4, -0.2) is 15.6 Å². The molecule has 0 saturated heterocycles. The minimum Gasteiger partial charge on any atom is -0.294 e. The average molecular weight is 376 g/mol. The lowest BCUT2D eigenvalue weighted by molar-refractivity contribution is 0.0990. The molecule has 0 atom stereocenters. The quantitative estimate of drug-likeness (QED) is 0.725.